The van der Waals surface area contributed by atoms with Crippen LogP contribution in [0.2, 0.25) is 0 Å². The highest BCUT2D eigenvalue weighted by atomic mass is 16.6. The van der Waals surface area contributed by atoms with Gasteiger partial charge in [0, 0.05) is 11.6 Å². The van der Waals surface area contributed by atoms with Crippen molar-refractivity contribution in [3.05, 3.63) is 33.9 Å². The molecular formula is C10H12N2O4. The summed E-state index contributed by atoms with van der Waals surface area (Å²) in [6, 6.07) is 4.33. The molecule has 1 aromatic carbocycles. The molecule has 0 fully saturated rings. The van der Waals surface area contributed by atoms with Crippen LogP contribution in [0.25, 0.3) is 0 Å². The van der Waals surface area contributed by atoms with E-state index in [-0.39, 0.29) is 11.4 Å². The second kappa shape index (κ2) is 5.11. The van der Waals surface area contributed by atoms with E-state index < -0.39 is 11.0 Å². The molecule has 0 atom stereocenters. The Balaban J connectivity index is 3.06. The molecular weight excluding hydrogens is 212 g/mol. The molecule has 0 aromatic heterocycles. The van der Waals surface area contributed by atoms with Crippen molar-refractivity contribution >= 4 is 17.5 Å². The maximum absolute atomic E-state index is 10.8. The van der Waals surface area contributed by atoms with Gasteiger partial charge in [0.05, 0.1) is 10.6 Å². The van der Waals surface area contributed by atoms with Crippen molar-refractivity contribution < 1.29 is 14.8 Å². The number of benzene rings is 1. The van der Waals surface area contributed by atoms with Gasteiger partial charge in [-0.2, -0.15) is 0 Å². The van der Waals surface area contributed by atoms with Crippen molar-refractivity contribution in [2.24, 2.45) is 0 Å². The van der Waals surface area contributed by atoms with Gasteiger partial charge in [-0.05, 0) is 12.5 Å². The zero-order chi connectivity index (χ0) is 12.1. The van der Waals surface area contributed by atoms with Gasteiger partial charge in [-0.1, -0.05) is 19.4 Å². The highest BCUT2D eigenvalue weighted by Crippen LogP contribution is 2.24. The van der Waals surface area contributed by atoms with Crippen LogP contribution >= 0.6 is 0 Å². The molecule has 1 aromatic rings. The van der Waals surface area contributed by atoms with Gasteiger partial charge in [-0.15, -0.1) is 0 Å². The minimum atomic E-state index is -1.24. The Morgan fingerprint density at radius 2 is 2.25 bits per heavy atom. The van der Waals surface area contributed by atoms with Crippen LogP contribution in [-0.4, -0.2) is 16.1 Å². The lowest BCUT2D eigenvalue weighted by atomic mass is 10.1. The van der Waals surface area contributed by atoms with Crippen molar-refractivity contribution in [3.8, 4) is 0 Å². The number of hydrogen-bond donors (Lipinski definition) is 2. The minimum Gasteiger partial charge on any atom is -0.465 e. The molecule has 0 aliphatic carbocycles. The molecule has 0 aliphatic rings. The van der Waals surface area contributed by atoms with Gasteiger partial charge in [0.2, 0.25) is 0 Å². The Bertz CT molecular complexity index is 417. The summed E-state index contributed by atoms with van der Waals surface area (Å²) in [4.78, 5) is 20.6. The zero-order valence-corrected chi connectivity index (χ0v) is 8.77. The fraction of sp³-hybridized carbons (Fsp3) is 0.300. The van der Waals surface area contributed by atoms with E-state index >= 15 is 0 Å². The number of nitrogens with one attached hydrogen (secondary N) is 1. The molecule has 0 saturated carbocycles. The fourth-order valence-electron chi connectivity index (χ4n) is 1.42. The molecule has 86 valence electrons. The van der Waals surface area contributed by atoms with Crippen LogP contribution in [0, 0.1) is 10.1 Å². The van der Waals surface area contributed by atoms with Crippen LogP contribution in [0.5, 0.6) is 0 Å². The lowest BCUT2D eigenvalue weighted by Gasteiger charge is -2.04. The predicted octanol–water partition coefficient (Wildman–Crippen LogP) is 2.64. The number of nitro benzene ring substituents is 1. The van der Waals surface area contributed by atoms with Gasteiger partial charge in [0.15, 0.2) is 0 Å². The van der Waals surface area contributed by atoms with Gasteiger partial charge in [0.1, 0.15) is 0 Å². The van der Waals surface area contributed by atoms with E-state index in [1.54, 1.807) is 6.07 Å². The van der Waals surface area contributed by atoms with E-state index in [0.717, 1.165) is 6.42 Å². The Kier molecular flexibility index (Phi) is 3.82. The molecule has 16 heavy (non-hydrogen) atoms. The van der Waals surface area contributed by atoms with E-state index in [0.29, 0.717) is 12.0 Å². The Hall–Kier alpha value is -2.11. The summed E-state index contributed by atoms with van der Waals surface area (Å²) in [7, 11) is 0. The van der Waals surface area contributed by atoms with Crippen LogP contribution in [0.1, 0.15) is 18.9 Å². The SMILES string of the molecule is CCCc1ccc(NC(=O)O)cc1[N+](=O)[O-]. The molecule has 6 heteroatoms. The molecule has 0 radical (unpaired) electrons. The Morgan fingerprint density at radius 3 is 2.75 bits per heavy atom. The van der Waals surface area contributed by atoms with E-state index in [1.807, 2.05) is 6.92 Å². The zero-order valence-electron chi connectivity index (χ0n) is 8.77. The van der Waals surface area contributed by atoms with Gasteiger partial charge < -0.3 is 5.11 Å². The summed E-state index contributed by atoms with van der Waals surface area (Å²) in [5.41, 5.74) is 0.774. The van der Waals surface area contributed by atoms with Crippen molar-refractivity contribution in [2.45, 2.75) is 19.8 Å². The molecule has 0 unspecified atom stereocenters. The molecule has 2 N–H and O–H groups in total. The third kappa shape index (κ3) is 2.94. The number of aryl methyl sites for hydroxylation is 1. The van der Waals surface area contributed by atoms with Crippen molar-refractivity contribution in [1.82, 2.24) is 0 Å². The average Bonchev–Trinajstić information content (AvgIpc) is 2.19. The highest BCUT2D eigenvalue weighted by Gasteiger charge is 2.14. The van der Waals surface area contributed by atoms with Crippen molar-refractivity contribution in [3.63, 3.8) is 0 Å². The molecule has 0 bridgehead atoms. The summed E-state index contributed by atoms with van der Waals surface area (Å²) in [6.45, 7) is 1.92. The first-order chi connectivity index (χ1) is 7.54. The minimum absolute atomic E-state index is 0.0481. The van der Waals surface area contributed by atoms with E-state index in [9.17, 15) is 14.9 Å². The third-order valence-corrected chi connectivity index (χ3v) is 2.05. The number of nitrogens with zero attached hydrogens (tertiary/aromatic N) is 1. The number of amides is 1. The normalized spacial score (nSPS) is 9.81. The molecule has 0 spiro atoms. The second-order valence-electron chi connectivity index (χ2n) is 3.28. The number of rotatable bonds is 4. The molecule has 0 heterocycles. The lowest BCUT2D eigenvalue weighted by molar-refractivity contribution is -0.385. The molecule has 0 aliphatic heterocycles. The van der Waals surface area contributed by atoms with Crippen LogP contribution in [0.15, 0.2) is 18.2 Å². The van der Waals surface area contributed by atoms with Crippen LogP contribution in [0.3, 0.4) is 0 Å². The van der Waals surface area contributed by atoms with Crippen LogP contribution in [0.4, 0.5) is 16.2 Å². The first kappa shape index (κ1) is 12.0. The second-order valence-corrected chi connectivity index (χ2v) is 3.28. The summed E-state index contributed by atoms with van der Waals surface area (Å²) in [6.07, 6.45) is 0.161. The summed E-state index contributed by atoms with van der Waals surface area (Å²) in [5.74, 6) is 0. The van der Waals surface area contributed by atoms with Crippen LogP contribution < -0.4 is 5.32 Å². The number of hydrogen-bond acceptors (Lipinski definition) is 3. The summed E-state index contributed by atoms with van der Waals surface area (Å²) in [5, 5.41) is 21.3. The van der Waals surface area contributed by atoms with Gasteiger partial charge in [0.25, 0.3) is 5.69 Å². The number of carbonyl (C=O) groups is 1. The quantitative estimate of drug-likeness (QED) is 0.607. The van der Waals surface area contributed by atoms with E-state index in [1.165, 1.54) is 12.1 Å². The van der Waals surface area contributed by atoms with Gasteiger partial charge in [-0.3, -0.25) is 15.4 Å². The first-order valence-corrected chi connectivity index (χ1v) is 4.82. The van der Waals surface area contributed by atoms with Gasteiger partial charge in [-0.25, -0.2) is 4.79 Å². The standard InChI is InChI=1S/C10H12N2O4/c1-2-3-7-4-5-8(11-10(13)14)6-9(7)12(15)16/h4-6,11H,2-3H2,1H3,(H,13,14). The monoisotopic (exact) mass is 224 g/mol. The first-order valence-electron chi connectivity index (χ1n) is 4.82. The molecule has 1 amide bonds. The highest BCUT2D eigenvalue weighted by molar-refractivity contribution is 5.83. The lowest BCUT2D eigenvalue weighted by Crippen LogP contribution is -2.08. The largest absolute Gasteiger partial charge is 0.465 e. The molecule has 6 nitrogen and oxygen atoms in total. The van der Waals surface area contributed by atoms with E-state index in [2.05, 4.69) is 5.32 Å². The topological polar surface area (TPSA) is 92.5 Å². The average molecular weight is 224 g/mol. The predicted molar refractivity (Wildman–Crippen MR) is 58.7 cm³/mol. The maximum atomic E-state index is 10.8. The Morgan fingerprint density at radius 1 is 1.56 bits per heavy atom. The number of nitro groups is 1. The fourth-order valence-corrected chi connectivity index (χ4v) is 1.42. The van der Waals surface area contributed by atoms with Crippen molar-refractivity contribution in [1.29, 1.82) is 0 Å². The van der Waals surface area contributed by atoms with E-state index in [4.69, 9.17) is 5.11 Å². The summed E-state index contributed by atoms with van der Waals surface area (Å²) < 4.78 is 0. The molecule has 1 rings (SSSR count). The molecule has 0 saturated heterocycles. The van der Waals surface area contributed by atoms with Gasteiger partial charge >= 0.3 is 6.09 Å². The number of anilines is 1. The third-order valence-electron chi connectivity index (χ3n) is 2.05. The maximum Gasteiger partial charge on any atom is 0.409 e. The van der Waals surface area contributed by atoms with Crippen molar-refractivity contribution in [2.75, 3.05) is 5.32 Å². The Labute approximate surface area is 92.0 Å². The number of carboxylic acid groups (broad SMARTS) is 1. The smallest absolute Gasteiger partial charge is 0.409 e. The summed E-state index contributed by atoms with van der Waals surface area (Å²) >= 11 is 0. The van der Waals surface area contributed by atoms with Crippen LogP contribution in [-0.2, 0) is 6.42 Å².